The molecule has 0 aromatic carbocycles. The molecule has 2 nitrogen and oxygen atoms in total. The quantitative estimate of drug-likeness (QED) is 0.373. The Bertz CT molecular complexity index is 452. The summed E-state index contributed by atoms with van der Waals surface area (Å²) in [7, 11) is -1.62. The molecule has 1 unspecified atom stereocenters. The lowest BCUT2D eigenvalue weighted by molar-refractivity contribution is 0.775. The van der Waals surface area contributed by atoms with E-state index >= 15 is 0 Å². The Morgan fingerprint density at radius 2 is 1.70 bits per heavy atom. The molecule has 20 heavy (non-hydrogen) atoms. The molecule has 0 radical (unpaired) electrons. The summed E-state index contributed by atoms with van der Waals surface area (Å²) in [5.74, 6) is 1.27. The van der Waals surface area contributed by atoms with E-state index in [2.05, 4.69) is 80.8 Å². The van der Waals surface area contributed by atoms with Gasteiger partial charge in [-0.15, -0.1) is 0 Å². The standard InChI is InChI=1S/C16H27IN2Si/c1-11(2)20(12(3)4,13(5)6)19-10-15(17)14-8-7-9-18-16(14)19/h7-9,11-13,15H,10H2,1-6H3. The van der Waals surface area contributed by atoms with Crippen molar-refractivity contribution in [1.82, 2.24) is 4.98 Å². The highest BCUT2D eigenvalue weighted by Gasteiger charge is 2.51. The first kappa shape index (κ1) is 16.3. The minimum atomic E-state index is -1.62. The lowest BCUT2D eigenvalue weighted by Crippen LogP contribution is -2.60. The topological polar surface area (TPSA) is 16.1 Å². The first-order chi connectivity index (χ1) is 9.33. The third kappa shape index (κ3) is 2.32. The van der Waals surface area contributed by atoms with Crippen molar-refractivity contribution in [3.63, 3.8) is 0 Å². The van der Waals surface area contributed by atoms with Crippen LogP contribution in [0.4, 0.5) is 5.82 Å². The fraction of sp³-hybridized carbons (Fsp3) is 0.688. The number of alkyl halides is 1. The molecule has 0 N–H and O–H groups in total. The average molecular weight is 402 g/mol. The van der Waals surface area contributed by atoms with Crippen LogP contribution in [-0.2, 0) is 0 Å². The van der Waals surface area contributed by atoms with Crippen LogP contribution in [0, 0.1) is 0 Å². The first-order valence-electron chi connectivity index (χ1n) is 7.70. The van der Waals surface area contributed by atoms with Crippen LogP contribution >= 0.6 is 22.6 Å². The van der Waals surface area contributed by atoms with Crippen LogP contribution in [0.2, 0.25) is 16.6 Å². The molecule has 1 aliphatic heterocycles. The van der Waals surface area contributed by atoms with E-state index in [-0.39, 0.29) is 0 Å². The lowest BCUT2D eigenvalue weighted by atomic mass is 10.2. The predicted molar refractivity (Wildman–Crippen MR) is 99.4 cm³/mol. The number of fused-ring (bicyclic) bond motifs is 1. The first-order valence-corrected chi connectivity index (χ1v) is 11.1. The van der Waals surface area contributed by atoms with Gasteiger partial charge < -0.3 is 4.57 Å². The third-order valence-electron chi connectivity index (χ3n) is 4.99. The van der Waals surface area contributed by atoms with Crippen molar-refractivity contribution in [2.45, 2.75) is 62.1 Å². The molecule has 1 atom stereocenters. The van der Waals surface area contributed by atoms with E-state index < -0.39 is 8.24 Å². The number of pyridine rings is 1. The van der Waals surface area contributed by atoms with Crippen molar-refractivity contribution in [3.8, 4) is 0 Å². The molecule has 2 rings (SSSR count). The van der Waals surface area contributed by atoms with Crippen LogP contribution in [0.5, 0.6) is 0 Å². The average Bonchev–Trinajstić information content (AvgIpc) is 2.67. The Morgan fingerprint density at radius 3 is 2.20 bits per heavy atom. The van der Waals surface area contributed by atoms with Gasteiger partial charge in [0.15, 0.2) is 8.24 Å². The molecule has 0 aliphatic carbocycles. The Labute approximate surface area is 138 Å². The SMILES string of the molecule is CC(C)[Si](C(C)C)(C(C)C)N1CC(I)c2cccnc21. The molecule has 0 fully saturated rings. The molecule has 0 spiro atoms. The van der Waals surface area contributed by atoms with Crippen LogP contribution in [-0.4, -0.2) is 19.8 Å². The maximum Gasteiger partial charge on any atom is 0.166 e. The summed E-state index contributed by atoms with van der Waals surface area (Å²) >= 11 is 2.59. The van der Waals surface area contributed by atoms with Gasteiger partial charge in [0, 0.05) is 18.3 Å². The van der Waals surface area contributed by atoms with E-state index in [9.17, 15) is 0 Å². The molecule has 1 aromatic rings. The second kappa shape index (κ2) is 5.95. The lowest BCUT2D eigenvalue weighted by Gasteiger charge is -2.50. The normalized spacial score (nSPS) is 19.3. The van der Waals surface area contributed by atoms with Crippen LogP contribution in [0.1, 0.15) is 51.0 Å². The van der Waals surface area contributed by atoms with Crippen LogP contribution in [0.3, 0.4) is 0 Å². The summed E-state index contributed by atoms with van der Waals surface area (Å²) in [5, 5.41) is 0. The molecule has 4 heteroatoms. The van der Waals surface area contributed by atoms with E-state index in [4.69, 9.17) is 4.98 Å². The highest BCUT2D eigenvalue weighted by molar-refractivity contribution is 14.1. The summed E-state index contributed by atoms with van der Waals surface area (Å²) in [5.41, 5.74) is 3.64. The van der Waals surface area contributed by atoms with Crippen LogP contribution < -0.4 is 4.57 Å². The van der Waals surface area contributed by atoms with Gasteiger partial charge in [0.2, 0.25) is 0 Å². The number of hydrogen-bond donors (Lipinski definition) is 0. The number of anilines is 1. The molecular weight excluding hydrogens is 375 g/mol. The van der Waals surface area contributed by atoms with Crippen molar-refractivity contribution in [3.05, 3.63) is 23.9 Å². The van der Waals surface area contributed by atoms with E-state index in [0.717, 1.165) is 23.2 Å². The maximum atomic E-state index is 4.76. The van der Waals surface area contributed by atoms with Crippen LogP contribution in [0.15, 0.2) is 18.3 Å². The van der Waals surface area contributed by atoms with Gasteiger partial charge in [-0.05, 0) is 22.7 Å². The predicted octanol–water partition coefficient (Wildman–Crippen LogP) is 5.55. The Kier molecular flexibility index (Phi) is 4.84. The summed E-state index contributed by atoms with van der Waals surface area (Å²) < 4.78 is 3.33. The van der Waals surface area contributed by atoms with Crippen LogP contribution in [0.25, 0.3) is 0 Å². The maximum absolute atomic E-state index is 4.76. The summed E-state index contributed by atoms with van der Waals surface area (Å²) in [6, 6.07) is 4.34. The molecule has 2 heterocycles. The number of nitrogens with zero attached hydrogens (tertiary/aromatic N) is 2. The molecule has 0 bridgehead atoms. The molecule has 112 valence electrons. The Balaban J connectivity index is 2.57. The van der Waals surface area contributed by atoms with Crippen molar-refractivity contribution in [2.24, 2.45) is 0 Å². The molecule has 1 aromatic heterocycles. The Morgan fingerprint density at radius 1 is 1.15 bits per heavy atom. The van der Waals surface area contributed by atoms with Gasteiger partial charge in [-0.2, -0.15) is 0 Å². The number of halogens is 1. The minimum absolute atomic E-state index is 0.583. The Hall–Kier alpha value is -0.103. The zero-order valence-corrected chi connectivity index (χ0v) is 16.7. The molecule has 1 aliphatic rings. The van der Waals surface area contributed by atoms with Gasteiger partial charge in [0.25, 0.3) is 0 Å². The minimum Gasteiger partial charge on any atom is -0.380 e. The zero-order valence-electron chi connectivity index (χ0n) is 13.5. The van der Waals surface area contributed by atoms with E-state index in [1.54, 1.807) is 0 Å². The smallest absolute Gasteiger partial charge is 0.166 e. The fourth-order valence-electron chi connectivity index (χ4n) is 4.50. The number of aromatic nitrogens is 1. The zero-order chi connectivity index (χ0) is 15.1. The van der Waals surface area contributed by atoms with Crippen molar-refractivity contribution in [1.29, 1.82) is 0 Å². The summed E-state index contributed by atoms with van der Waals surface area (Å²) in [6.07, 6.45) is 1.96. The van der Waals surface area contributed by atoms with Gasteiger partial charge in [0.05, 0.1) is 3.92 Å². The van der Waals surface area contributed by atoms with Gasteiger partial charge in [-0.1, -0.05) is 70.2 Å². The molecule has 0 saturated carbocycles. The van der Waals surface area contributed by atoms with E-state index in [1.165, 1.54) is 11.4 Å². The summed E-state index contributed by atoms with van der Waals surface area (Å²) in [4.78, 5) is 4.76. The molecular formula is C16H27IN2Si. The summed E-state index contributed by atoms with van der Waals surface area (Å²) in [6.45, 7) is 15.7. The molecule has 0 amide bonds. The fourth-order valence-corrected chi connectivity index (χ4v) is 12.7. The monoisotopic (exact) mass is 402 g/mol. The number of rotatable bonds is 4. The van der Waals surface area contributed by atoms with Gasteiger partial charge in [-0.25, -0.2) is 4.98 Å². The van der Waals surface area contributed by atoms with Gasteiger partial charge >= 0.3 is 0 Å². The second-order valence-corrected chi connectivity index (χ2v) is 14.1. The highest BCUT2D eigenvalue weighted by atomic mass is 127. The third-order valence-corrected chi connectivity index (χ3v) is 12.9. The largest absolute Gasteiger partial charge is 0.380 e. The second-order valence-electron chi connectivity index (χ2n) is 6.85. The van der Waals surface area contributed by atoms with Gasteiger partial charge in [-0.3, -0.25) is 0 Å². The van der Waals surface area contributed by atoms with Crippen molar-refractivity contribution < 1.29 is 0 Å². The van der Waals surface area contributed by atoms with Crippen molar-refractivity contribution in [2.75, 3.05) is 11.1 Å². The van der Waals surface area contributed by atoms with E-state index in [1.807, 2.05) is 6.20 Å². The van der Waals surface area contributed by atoms with E-state index in [0.29, 0.717) is 3.92 Å². The van der Waals surface area contributed by atoms with Crippen molar-refractivity contribution >= 4 is 36.6 Å². The molecule has 0 saturated heterocycles. The highest BCUT2D eigenvalue weighted by Crippen LogP contribution is 2.51. The van der Waals surface area contributed by atoms with Gasteiger partial charge in [0.1, 0.15) is 5.82 Å². The number of hydrogen-bond acceptors (Lipinski definition) is 2.